The molecule has 2 aliphatic heterocycles. The van der Waals surface area contributed by atoms with Crippen LogP contribution in [-0.2, 0) is 6.54 Å². The summed E-state index contributed by atoms with van der Waals surface area (Å²) in [5, 5.41) is 17.1. The van der Waals surface area contributed by atoms with Crippen LogP contribution < -0.4 is 5.32 Å². The van der Waals surface area contributed by atoms with E-state index < -0.39 is 5.97 Å². The van der Waals surface area contributed by atoms with Crippen LogP contribution in [0.1, 0.15) is 82.4 Å². The molecule has 10 nitrogen and oxygen atoms in total. The van der Waals surface area contributed by atoms with E-state index in [1.54, 1.807) is 24.7 Å². The van der Waals surface area contributed by atoms with Crippen LogP contribution in [0, 0.1) is 41.5 Å². The Bertz CT molecular complexity index is 4570. The minimum atomic E-state index is -0.979. The van der Waals surface area contributed by atoms with Gasteiger partial charge in [0.05, 0.1) is 34.7 Å². The fourth-order valence-corrected chi connectivity index (χ4v) is 12.3. The second-order valence-electron chi connectivity index (χ2n) is 21.2. The Kier molecular flexibility index (Phi) is 12.1. The number of aromatic nitrogens is 6. The number of nitrogens with zero attached hydrogens (tertiary/aromatic N) is 4. The monoisotopic (exact) mass is 1040 g/mol. The van der Waals surface area contributed by atoms with Gasteiger partial charge < -0.3 is 25.0 Å². The van der Waals surface area contributed by atoms with Crippen LogP contribution in [-0.4, -0.2) is 46.5 Å². The molecule has 8 bridgehead atoms. The molecular formula is C70H55N7O3. The molecule has 13 rings (SSSR count). The van der Waals surface area contributed by atoms with E-state index in [1.807, 2.05) is 71.4 Å². The van der Waals surface area contributed by atoms with Gasteiger partial charge in [-0.15, -0.1) is 0 Å². The SMILES string of the molecule is Cc1cc(C)c(-c2c3nc(c(-c4cccc5cc6cccc(C(=O)O)c6cc45)c4ccc([nH]4)c(-c4c(C)cc(C)cc4C)c4nc(c(-c5ccccc5NC(=O)c5cccc(Cn6ccnc6)c5)c5ccc2[nH]5)C=C4)C=C3)c(C)c1. The Morgan fingerprint density at radius 3 is 1.60 bits per heavy atom. The van der Waals surface area contributed by atoms with Crippen molar-refractivity contribution in [2.24, 2.45) is 0 Å². The molecule has 0 aliphatic carbocycles. The zero-order valence-corrected chi connectivity index (χ0v) is 45.2. The van der Waals surface area contributed by atoms with Crippen LogP contribution in [0.15, 0.2) is 164 Å². The third-order valence-electron chi connectivity index (χ3n) is 15.5. The van der Waals surface area contributed by atoms with Crippen molar-refractivity contribution in [3.05, 3.63) is 237 Å². The number of carbonyl (C=O) groups is 2. The van der Waals surface area contributed by atoms with Gasteiger partial charge in [-0.2, -0.15) is 0 Å². The molecule has 0 saturated carbocycles. The van der Waals surface area contributed by atoms with E-state index in [2.05, 4.69) is 159 Å². The first-order valence-corrected chi connectivity index (χ1v) is 26.8. The van der Waals surface area contributed by atoms with Gasteiger partial charge in [-0.25, -0.2) is 19.7 Å². The highest BCUT2D eigenvalue weighted by molar-refractivity contribution is 6.13. The summed E-state index contributed by atoms with van der Waals surface area (Å²) in [6.07, 6.45) is 13.8. The number of benzene rings is 7. The molecule has 11 aromatic rings. The van der Waals surface area contributed by atoms with Crippen LogP contribution in [0.2, 0.25) is 0 Å². The molecule has 0 radical (unpaired) electrons. The van der Waals surface area contributed by atoms with Crippen molar-refractivity contribution in [2.45, 2.75) is 48.1 Å². The molecule has 7 aromatic carbocycles. The lowest BCUT2D eigenvalue weighted by Crippen LogP contribution is -2.13. The number of para-hydroxylation sites is 1. The van der Waals surface area contributed by atoms with Crippen LogP contribution >= 0.6 is 0 Å². The van der Waals surface area contributed by atoms with E-state index in [4.69, 9.17) is 9.97 Å². The van der Waals surface area contributed by atoms with Crippen molar-refractivity contribution in [1.29, 1.82) is 0 Å². The molecule has 4 aromatic heterocycles. The summed E-state index contributed by atoms with van der Waals surface area (Å²) >= 11 is 0. The summed E-state index contributed by atoms with van der Waals surface area (Å²) in [7, 11) is 0. The van der Waals surface area contributed by atoms with Gasteiger partial charge in [-0.3, -0.25) is 4.79 Å². The third-order valence-corrected chi connectivity index (χ3v) is 15.5. The van der Waals surface area contributed by atoms with Crippen LogP contribution in [0.4, 0.5) is 5.69 Å². The van der Waals surface area contributed by atoms with Gasteiger partial charge in [0.25, 0.3) is 5.91 Å². The second-order valence-corrected chi connectivity index (χ2v) is 21.2. The standard InChI is InChI=1S/C70H55N7O3/c1-39-30-41(3)63(42(4)31-39)67-59-24-20-55(72-59)65(49-17-10-13-46-35-47-14-11-18-50(70(79)80)53(47)36-52(46)49)56-21-25-60(73-56)68(64-43(5)32-40(2)33-44(64)6)62-27-23-58(75-62)66(57-22-26-61(67)74-57)51-16-7-8-19-54(51)76-69(78)48-15-9-12-45(34-48)37-77-29-28-71-38-77/h7-36,38,72,75H,37H2,1-6H3,(H,76,78)(H,79,80). The van der Waals surface area contributed by atoms with E-state index >= 15 is 0 Å². The molecule has 80 heavy (non-hydrogen) atoms. The summed E-state index contributed by atoms with van der Waals surface area (Å²) in [5.41, 5.74) is 22.9. The van der Waals surface area contributed by atoms with Crippen molar-refractivity contribution in [1.82, 2.24) is 29.5 Å². The van der Waals surface area contributed by atoms with Crippen molar-refractivity contribution >= 4 is 85.5 Å². The van der Waals surface area contributed by atoms with Gasteiger partial charge >= 0.3 is 5.97 Å². The van der Waals surface area contributed by atoms with Crippen LogP contribution in [0.25, 0.3) is 112 Å². The Morgan fingerprint density at radius 1 is 0.512 bits per heavy atom. The minimum Gasteiger partial charge on any atom is -0.478 e. The van der Waals surface area contributed by atoms with Gasteiger partial charge in [-0.05, 0) is 193 Å². The molecular weight excluding hydrogens is 987 g/mol. The van der Waals surface area contributed by atoms with Gasteiger partial charge in [0.1, 0.15) is 0 Å². The van der Waals surface area contributed by atoms with Crippen molar-refractivity contribution in [3.8, 4) is 44.5 Å². The largest absolute Gasteiger partial charge is 0.478 e. The number of amides is 1. The third kappa shape index (κ3) is 8.77. The molecule has 0 unspecified atom stereocenters. The Morgan fingerprint density at radius 2 is 1.02 bits per heavy atom. The fraction of sp³-hybridized carbons (Fsp3) is 0.100. The average molecular weight is 1040 g/mol. The van der Waals surface area contributed by atoms with E-state index in [0.717, 1.165) is 139 Å². The number of aromatic carboxylic acids is 1. The predicted octanol–water partition coefficient (Wildman–Crippen LogP) is 16.7. The smallest absolute Gasteiger partial charge is 0.336 e. The number of anilines is 1. The molecule has 6 heterocycles. The topological polar surface area (TPSA) is 142 Å². The zero-order chi connectivity index (χ0) is 54.9. The van der Waals surface area contributed by atoms with Crippen molar-refractivity contribution in [3.63, 3.8) is 0 Å². The highest BCUT2D eigenvalue weighted by atomic mass is 16.4. The first-order chi connectivity index (χ1) is 38.8. The number of hydrogen-bond donors (Lipinski definition) is 4. The first kappa shape index (κ1) is 49.4. The van der Waals surface area contributed by atoms with E-state index in [1.165, 1.54) is 0 Å². The maximum absolute atomic E-state index is 14.5. The number of imidazole rings is 1. The number of fused-ring (bicyclic) bond motifs is 10. The maximum atomic E-state index is 14.5. The number of H-pyrrole nitrogens is 2. The normalized spacial score (nSPS) is 12.0. The number of carbonyl (C=O) groups excluding carboxylic acids is 1. The fourth-order valence-electron chi connectivity index (χ4n) is 12.3. The number of carboxylic acid groups (broad SMARTS) is 1. The van der Waals surface area contributed by atoms with Gasteiger partial charge in [-0.1, -0.05) is 96.1 Å². The summed E-state index contributed by atoms with van der Waals surface area (Å²) in [6.45, 7) is 13.5. The summed E-state index contributed by atoms with van der Waals surface area (Å²) in [4.78, 5) is 50.5. The summed E-state index contributed by atoms with van der Waals surface area (Å²) in [6, 6.07) is 48.8. The lowest BCUT2D eigenvalue weighted by atomic mass is 9.92. The number of aromatic amines is 2. The second kappa shape index (κ2) is 19.7. The van der Waals surface area contributed by atoms with Crippen molar-refractivity contribution in [2.75, 3.05) is 5.32 Å². The molecule has 1 amide bonds. The molecule has 2 aliphatic rings. The molecule has 10 heteroatoms. The maximum Gasteiger partial charge on any atom is 0.336 e. The molecule has 0 atom stereocenters. The number of hydrogen-bond acceptors (Lipinski definition) is 5. The van der Waals surface area contributed by atoms with Gasteiger partial charge in [0.15, 0.2) is 0 Å². The average Bonchev–Trinajstić information content (AvgIpc) is 4.39. The van der Waals surface area contributed by atoms with Gasteiger partial charge in [0, 0.05) is 80.1 Å². The van der Waals surface area contributed by atoms with E-state index in [0.29, 0.717) is 28.9 Å². The zero-order valence-electron chi connectivity index (χ0n) is 45.2. The summed E-state index contributed by atoms with van der Waals surface area (Å²) in [5.74, 6) is -1.21. The Balaban J connectivity index is 1.13. The molecule has 0 saturated heterocycles. The lowest BCUT2D eigenvalue weighted by molar-refractivity contribution is 0.0698. The van der Waals surface area contributed by atoms with Crippen LogP contribution in [0.3, 0.4) is 0 Å². The molecule has 388 valence electrons. The number of nitrogens with one attached hydrogen (secondary N) is 3. The highest BCUT2D eigenvalue weighted by Crippen LogP contribution is 2.44. The van der Waals surface area contributed by atoms with Crippen LogP contribution in [0.5, 0.6) is 0 Å². The van der Waals surface area contributed by atoms with Gasteiger partial charge in [0.2, 0.25) is 0 Å². The molecule has 0 fully saturated rings. The summed E-state index contributed by atoms with van der Waals surface area (Å²) < 4.78 is 1.98. The number of aryl methyl sites for hydroxylation is 6. The molecule has 0 spiro atoms. The highest BCUT2D eigenvalue weighted by Gasteiger charge is 2.24. The van der Waals surface area contributed by atoms with E-state index in [9.17, 15) is 14.7 Å². The minimum absolute atomic E-state index is 0.234. The Hall–Kier alpha value is -10.2. The van der Waals surface area contributed by atoms with Crippen molar-refractivity contribution < 1.29 is 14.7 Å². The quantitative estimate of drug-likeness (QED) is 0.106. The number of rotatable bonds is 9. The predicted molar refractivity (Wildman–Crippen MR) is 327 cm³/mol. The van der Waals surface area contributed by atoms with E-state index in [-0.39, 0.29) is 11.5 Å². The lowest BCUT2D eigenvalue weighted by Gasteiger charge is -2.14. The molecule has 4 N–H and O–H groups in total. The first-order valence-electron chi connectivity index (χ1n) is 26.8. The Labute approximate surface area is 462 Å². The number of carboxylic acids is 1.